The van der Waals surface area contributed by atoms with Crippen LogP contribution in [0, 0.1) is 0 Å². The summed E-state index contributed by atoms with van der Waals surface area (Å²) < 4.78 is 11.3. The molecule has 0 aliphatic carbocycles. The number of likely N-dealkylation sites (N-methyl/N-ethyl adjacent to an activating group) is 1. The van der Waals surface area contributed by atoms with Gasteiger partial charge in [0.15, 0.2) is 11.5 Å². The molecule has 1 atom stereocenters. The Bertz CT molecular complexity index is 1210. The number of H-pyrrole nitrogens is 1. The molecule has 0 radical (unpaired) electrons. The highest BCUT2D eigenvalue weighted by molar-refractivity contribution is 5.79. The Kier molecular flexibility index (Phi) is 5.53. The number of ether oxygens (including phenoxy) is 2. The number of fused-ring (bicyclic) bond motifs is 2. The van der Waals surface area contributed by atoms with Crippen LogP contribution in [0.15, 0.2) is 47.3 Å². The molecule has 5 rings (SSSR count). The van der Waals surface area contributed by atoms with E-state index in [0.29, 0.717) is 36.5 Å². The Morgan fingerprint density at radius 3 is 2.88 bits per heavy atom. The molecule has 0 saturated carbocycles. The van der Waals surface area contributed by atoms with Gasteiger partial charge in [0.05, 0.1) is 30.0 Å². The maximum absolute atomic E-state index is 13.1. The summed E-state index contributed by atoms with van der Waals surface area (Å²) in [5.74, 6) is 2.12. The molecule has 0 spiro atoms. The largest absolute Gasteiger partial charge is 0.486 e. The predicted molar refractivity (Wildman–Crippen MR) is 120 cm³/mol. The highest BCUT2D eigenvalue weighted by Gasteiger charge is 2.31. The van der Waals surface area contributed by atoms with Crippen molar-refractivity contribution in [1.29, 1.82) is 0 Å². The summed E-state index contributed by atoms with van der Waals surface area (Å²) in [6.45, 7) is 2.46. The molecule has 0 unspecified atom stereocenters. The second kappa shape index (κ2) is 8.63. The fraction of sp³-hybridized carbons (Fsp3) is 0.375. The summed E-state index contributed by atoms with van der Waals surface area (Å²) >= 11 is 0. The van der Waals surface area contributed by atoms with E-state index in [1.54, 1.807) is 6.07 Å². The smallest absolute Gasteiger partial charge is 0.258 e. The van der Waals surface area contributed by atoms with E-state index >= 15 is 0 Å². The van der Waals surface area contributed by atoms with Crippen LogP contribution >= 0.6 is 0 Å². The number of amides is 1. The third-order valence-corrected chi connectivity index (χ3v) is 6.01. The van der Waals surface area contributed by atoms with Crippen LogP contribution in [0.25, 0.3) is 10.9 Å². The molecule has 2 aromatic carbocycles. The van der Waals surface area contributed by atoms with Crippen molar-refractivity contribution in [3.8, 4) is 11.5 Å². The second-order valence-electron chi connectivity index (χ2n) is 8.35. The summed E-state index contributed by atoms with van der Waals surface area (Å²) in [4.78, 5) is 36.6. The van der Waals surface area contributed by atoms with Crippen molar-refractivity contribution < 1.29 is 14.3 Å². The maximum atomic E-state index is 13.1. The van der Waals surface area contributed by atoms with Gasteiger partial charge in [0.25, 0.3) is 5.56 Å². The SMILES string of the molecule is CN(CC(=O)N1CCC[C@@H]1c1ccc2c(c1)OCCO2)Cc1nc2ccccc2c(=O)[nH]1. The minimum Gasteiger partial charge on any atom is -0.486 e. The number of nitrogens with one attached hydrogen (secondary N) is 1. The molecular formula is C24H26N4O4. The number of hydrogen-bond donors (Lipinski definition) is 1. The van der Waals surface area contributed by atoms with E-state index in [1.807, 2.05) is 53.2 Å². The van der Waals surface area contributed by atoms with Crippen LogP contribution in [-0.4, -0.2) is 59.0 Å². The molecule has 32 heavy (non-hydrogen) atoms. The first kappa shape index (κ1) is 20.5. The lowest BCUT2D eigenvalue weighted by Gasteiger charge is -2.28. The van der Waals surface area contributed by atoms with Gasteiger partial charge in [0.2, 0.25) is 5.91 Å². The molecule has 3 aromatic rings. The lowest BCUT2D eigenvalue weighted by atomic mass is 10.0. The summed E-state index contributed by atoms with van der Waals surface area (Å²) in [7, 11) is 1.86. The first-order chi connectivity index (χ1) is 15.6. The van der Waals surface area contributed by atoms with Gasteiger partial charge in [-0.3, -0.25) is 14.5 Å². The molecular weight excluding hydrogens is 408 g/mol. The molecule has 1 N–H and O–H groups in total. The molecule has 2 aliphatic heterocycles. The number of rotatable bonds is 5. The number of para-hydroxylation sites is 1. The van der Waals surface area contributed by atoms with Gasteiger partial charge < -0.3 is 19.4 Å². The highest BCUT2D eigenvalue weighted by Crippen LogP contribution is 2.38. The van der Waals surface area contributed by atoms with Crippen molar-refractivity contribution in [2.24, 2.45) is 0 Å². The zero-order chi connectivity index (χ0) is 22.1. The molecule has 1 amide bonds. The van der Waals surface area contributed by atoms with Crippen LogP contribution in [-0.2, 0) is 11.3 Å². The van der Waals surface area contributed by atoms with E-state index in [4.69, 9.17) is 9.47 Å². The molecule has 1 fully saturated rings. The fourth-order valence-electron chi connectivity index (χ4n) is 4.52. The van der Waals surface area contributed by atoms with Gasteiger partial charge in [-0.05, 0) is 49.7 Å². The van der Waals surface area contributed by atoms with Crippen molar-refractivity contribution in [2.45, 2.75) is 25.4 Å². The van der Waals surface area contributed by atoms with E-state index in [0.717, 1.165) is 36.4 Å². The normalized spacial score (nSPS) is 17.8. The number of benzene rings is 2. The summed E-state index contributed by atoms with van der Waals surface area (Å²) in [5, 5.41) is 0.564. The van der Waals surface area contributed by atoms with E-state index in [2.05, 4.69) is 9.97 Å². The standard InChI is InChI=1S/C24H26N4O4/c1-27(14-22-25-18-6-3-2-5-17(18)24(30)26-22)15-23(29)28-10-4-7-19(28)16-8-9-20-21(13-16)32-12-11-31-20/h2-3,5-6,8-9,13,19H,4,7,10-12,14-15H2,1H3,(H,25,26,30)/t19-/m1/s1. The van der Waals surface area contributed by atoms with E-state index in [-0.39, 0.29) is 24.1 Å². The first-order valence-corrected chi connectivity index (χ1v) is 10.9. The number of carbonyl (C=O) groups is 1. The van der Waals surface area contributed by atoms with E-state index < -0.39 is 0 Å². The average molecular weight is 434 g/mol. The van der Waals surface area contributed by atoms with Gasteiger partial charge in [-0.1, -0.05) is 18.2 Å². The molecule has 1 saturated heterocycles. The van der Waals surface area contributed by atoms with Gasteiger partial charge in [0.1, 0.15) is 19.0 Å². The lowest BCUT2D eigenvalue weighted by Crippen LogP contribution is -2.38. The number of hydrogen-bond acceptors (Lipinski definition) is 6. The Morgan fingerprint density at radius 1 is 1.19 bits per heavy atom. The number of nitrogens with zero attached hydrogens (tertiary/aromatic N) is 3. The Hall–Kier alpha value is -3.39. The van der Waals surface area contributed by atoms with Gasteiger partial charge >= 0.3 is 0 Å². The molecule has 2 aliphatic rings. The van der Waals surface area contributed by atoms with Crippen LogP contribution in [0.1, 0.15) is 30.3 Å². The number of carbonyl (C=O) groups excluding carboxylic acids is 1. The van der Waals surface area contributed by atoms with Gasteiger partial charge in [-0.15, -0.1) is 0 Å². The van der Waals surface area contributed by atoms with Crippen LogP contribution in [0.5, 0.6) is 11.5 Å². The van der Waals surface area contributed by atoms with Crippen molar-refractivity contribution in [3.05, 3.63) is 64.2 Å². The maximum Gasteiger partial charge on any atom is 0.258 e. The van der Waals surface area contributed by atoms with Gasteiger partial charge in [-0.25, -0.2) is 4.98 Å². The third-order valence-electron chi connectivity index (χ3n) is 6.01. The third kappa shape index (κ3) is 4.05. The topological polar surface area (TPSA) is 87.8 Å². The zero-order valence-electron chi connectivity index (χ0n) is 18.0. The van der Waals surface area contributed by atoms with Crippen molar-refractivity contribution in [3.63, 3.8) is 0 Å². The summed E-state index contributed by atoms with van der Waals surface area (Å²) in [5.41, 5.74) is 1.57. The lowest BCUT2D eigenvalue weighted by molar-refractivity contribution is -0.133. The quantitative estimate of drug-likeness (QED) is 0.664. The van der Waals surface area contributed by atoms with Crippen molar-refractivity contribution in [1.82, 2.24) is 19.8 Å². The molecule has 0 bridgehead atoms. The highest BCUT2D eigenvalue weighted by atomic mass is 16.6. The summed E-state index contributed by atoms with van der Waals surface area (Å²) in [6, 6.07) is 13.2. The molecule has 1 aromatic heterocycles. The second-order valence-corrected chi connectivity index (χ2v) is 8.35. The number of likely N-dealkylation sites (tertiary alicyclic amines) is 1. The molecule has 3 heterocycles. The van der Waals surface area contributed by atoms with Gasteiger partial charge in [0, 0.05) is 6.54 Å². The van der Waals surface area contributed by atoms with E-state index in [1.165, 1.54) is 0 Å². The minimum absolute atomic E-state index is 0.0327. The number of aromatic amines is 1. The predicted octanol–water partition coefficient (Wildman–Crippen LogP) is 2.49. The van der Waals surface area contributed by atoms with Crippen LogP contribution in [0.4, 0.5) is 0 Å². The van der Waals surface area contributed by atoms with Crippen LogP contribution in [0.3, 0.4) is 0 Å². The Balaban J connectivity index is 1.27. The van der Waals surface area contributed by atoms with Crippen LogP contribution < -0.4 is 15.0 Å². The minimum atomic E-state index is -0.163. The Labute approximate surface area is 185 Å². The van der Waals surface area contributed by atoms with Crippen molar-refractivity contribution >= 4 is 16.8 Å². The molecule has 166 valence electrons. The zero-order valence-corrected chi connectivity index (χ0v) is 18.0. The monoisotopic (exact) mass is 434 g/mol. The van der Waals surface area contributed by atoms with E-state index in [9.17, 15) is 9.59 Å². The summed E-state index contributed by atoms with van der Waals surface area (Å²) in [6.07, 6.45) is 1.89. The Morgan fingerprint density at radius 2 is 2.00 bits per heavy atom. The average Bonchev–Trinajstić information content (AvgIpc) is 3.29. The first-order valence-electron chi connectivity index (χ1n) is 10.9. The van der Waals surface area contributed by atoms with Crippen molar-refractivity contribution in [2.75, 3.05) is 33.4 Å². The fourth-order valence-corrected chi connectivity index (χ4v) is 4.52. The molecule has 8 nitrogen and oxygen atoms in total. The number of aromatic nitrogens is 2. The van der Waals surface area contributed by atoms with Gasteiger partial charge in [-0.2, -0.15) is 0 Å². The van der Waals surface area contributed by atoms with Crippen LogP contribution in [0.2, 0.25) is 0 Å². The molecule has 8 heteroatoms.